The average molecular weight is 268 g/mol. The van der Waals surface area contributed by atoms with Gasteiger partial charge in [0.25, 0.3) is 0 Å². The van der Waals surface area contributed by atoms with Crippen molar-refractivity contribution in [2.24, 2.45) is 5.92 Å². The van der Waals surface area contributed by atoms with E-state index in [0.717, 1.165) is 44.6 Å². The molecule has 0 aromatic rings. The molecular formula is C17H32O2. The molecular weight excluding hydrogens is 236 g/mol. The zero-order valence-electron chi connectivity index (χ0n) is 12.7. The first-order valence-electron chi connectivity index (χ1n) is 8.56. The van der Waals surface area contributed by atoms with Crippen LogP contribution in [0.2, 0.25) is 0 Å². The van der Waals surface area contributed by atoms with Gasteiger partial charge in [-0.25, -0.2) is 0 Å². The molecule has 0 bridgehead atoms. The van der Waals surface area contributed by atoms with Crippen LogP contribution in [0.15, 0.2) is 0 Å². The lowest BCUT2D eigenvalue weighted by molar-refractivity contribution is 0.00852. The Kier molecular flexibility index (Phi) is 6.15. The van der Waals surface area contributed by atoms with Crippen molar-refractivity contribution >= 4 is 0 Å². The molecule has 0 amide bonds. The molecule has 2 rings (SSSR count). The molecule has 3 atom stereocenters. The third-order valence-corrected chi connectivity index (χ3v) is 5.16. The quantitative estimate of drug-likeness (QED) is 0.721. The Balaban J connectivity index is 1.68. The molecule has 2 heteroatoms. The highest BCUT2D eigenvalue weighted by Gasteiger charge is 2.30. The molecule has 3 unspecified atom stereocenters. The monoisotopic (exact) mass is 268 g/mol. The maximum Gasteiger partial charge on any atom is 0.0648 e. The highest BCUT2D eigenvalue weighted by molar-refractivity contribution is 4.83. The van der Waals surface area contributed by atoms with Crippen LogP contribution in [0.3, 0.4) is 0 Å². The third kappa shape index (κ3) is 5.07. The van der Waals surface area contributed by atoms with Gasteiger partial charge in [0.15, 0.2) is 0 Å². The SMILES string of the molecule is CCCC1CCCC(O)(CCCC2CCCO2)CC1. The van der Waals surface area contributed by atoms with E-state index in [-0.39, 0.29) is 5.60 Å². The first-order chi connectivity index (χ1) is 9.22. The summed E-state index contributed by atoms with van der Waals surface area (Å²) in [5.41, 5.74) is -0.360. The van der Waals surface area contributed by atoms with E-state index in [2.05, 4.69) is 6.92 Å². The minimum Gasteiger partial charge on any atom is -0.390 e. The van der Waals surface area contributed by atoms with Crippen molar-refractivity contribution in [3.8, 4) is 0 Å². The van der Waals surface area contributed by atoms with Gasteiger partial charge < -0.3 is 9.84 Å². The van der Waals surface area contributed by atoms with E-state index in [9.17, 15) is 5.11 Å². The lowest BCUT2D eigenvalue weighted by atomic mass is 9.87. The van der Waals surface area contributed by atoms with Crippen molar-refractivity contribution in [3.63, 3.8) is 0 Å². The highest BCUT2D eigenvalue weighted by atomic mass is 16.5. The smallest absolute Gasteiger partial charge is 0.0648 e. The number of rotatable bonds is 6. The molecule has 1 aliphatic heterocycles. The van der Waals surface area contributed by atoms with Crippen LogP contribution in [-0.4, -0.2) is 23.4 Å². The molecule has 112 valence electrons. The average Bonchev–Trinajstić information content (AvgIpc) is 2.83. The second kappa shape index (κ2) is 7.64. The summed E-state index contributed by atoms with van der Waals surface area (Å²) in [6.45, 7) is 3.23. The Morgan fingerprint density at radius 3 is 2.74 bits per heavy atom. The van der Waals surface area contributed by atoms with E-state index >= 15 is 0 Å². The molecule has 2 fully saturated rings. The zero-order chi connectivity index (χ0) is 13.6. The van der Waals surface area contributed by atoms with E-state index in [1.165, 1.54) is 44.9 Å². The van der Waals surface area contributed by atoms with E-state index in [4.69, 9.17) is 4.74 Å². The van der Waals surface area contributed by atoms with Crippen molar-refractivity contribution in [1.82, 2.24) is 0 Å². The fourth-order valence-corrected chi connectivity index (χ4v) is 3.94. The van der Waals surface area contributed by atoms with Crippen LogP contribution in [-0.2, 0) is 4.74 Å². The summed E-state index contributed by atoms with van der Waals surface area (Å²) >= 11 is 0. The minimum atomic E-state index is -0.360. The summed E-state index contributed by atoms with van der Waals surface area (Å²) in [5.74, 6) is 0.872. The van der Waals surface area contributed by atoms with Gasteiger partial charge in [0.1, 0.15) is 0 Å². The van der Waals surface area contributed by atoms with E-state index < -0.39 is 0 Å². The van der Waals surface area contributed by atoms with Gasteiger partial charge in [0.2, 0.25) is 0 Å². The molecule has 1 saturated carbocycles. The molecule has 2 aliphatic rings. The standard InChI is InChI=1S/C17H32O2/c1-2-6-15-7-3-11-17(18,13-10-15)12-4-8-16-9-5-14-19-16/h15-16,18H,2-14H2,1H3. The molecule has 1 N–H and O–H groups in total. The summed E-state index contributed by atoms with van der Waals surface area (Å²) in [7, 11) is 0. The Morgan fingerprint density at radius 2 is 2.00 bits per heavy atom. The van der Waals surface area contributed by atoms with Crippen molar-refractivity contribution in [3.05, 3.63) is 0 Å². The van der Waals surface area contributed by atoms with E-state index in [0.29, 0.717) is 6.10 Å². The predicted octanol–water partition coefficient (Wildman–Crippen LogP) is 4.45. The number of ether oxygens (including phenoxy) is 1. The van der Waals surface area contributed by atoms with Crippen molar-refractivity contribution in [2.75, 3.05) is 6.61 Å². The van der Waals surface area contributed by atoms with Crippen LogP contribution in [0.25, 0.3) is 0 Å². The lowest BCUT2D eigenvalue weighted by Gasteiger charge is -2.27. The summed E-state index contributed by atoms with van der Waals surface area (Å²) in [4.78, 5) is 0. The van der Waals surface area contributed by atoms with Crippen LogP contribution in [0, 0.1) is 5.92 Å². The molecule has 19 heavy (non-hydrogen) atoms. The molecule has 1 saturated heterocycles. The number of hydrogen-bond donors (Lipinski definition) is 1. The molecule has 0 spiro atoms. The van der Waals surface area contributed by atoms with Crippen LogP contribution >= 0.6 is 0 Å². The van der Waals surface area contributed by atoms with Gasteiger partial charge in [-0.2, -0.15) is 0 Å². The second-order valence-corrected chi connectivity index (χ2v) is 6.84. The van der Waals surface area contributed by atoms with Gasteiger partial charge in [0, 0.05) is 6.61 Å². The number of aliphatic hydroxyl groups is 1. The fourth-order valence-electron chi connectivity index (χ4n) is 3.94. The Bertz CT molecular complexity index is 248. The fraction of sp³-hybridized carbons (Fsp3) is 1.00. The van der Waals surface area contributed by atoms with Crippen LogP contribution < -0.4 is 0 Å². The van der Waals surface area contributed by atoms with E-state index in [1.807, 2.05) is 0 Å². The number of hydrogen-bond acceptors (Lipinski definition) is 2. The summed E-state index contributed by atoms with van der Waals surface area (Å²) in [5, 5.41) is 10.8. The van der Waals surface area contributed by atoms with Crippen molar-refractivity contribution < 1.29 is 9.84 Å². The predicted molar refractivity (Wildman–Crippen MR) is 79.3 cm³/mol. The molecule has 0 aromatic heterocycles. The summed E-state index contributed by atoms with van der Waals surface area (Å²) in [6, 6.07) is 0. The van der Waals surface area contributed by atoms with Gasteiger partial charge in [-0.1, -0.05) is 32.6 Å². The van der Waals surface area contributed by atoms with Crippen LogP contribution in [0.5, 0.6) is 0 Å². The Morgan fingerprint density at radius 1 is 1.11 bits per heavy atom. The second-order valence-electron chi connectivity index (χ2n) is 6.84. The first-order valence-corrected chi connectivity index (χ1v) is 8.56. The Hall–Kier alpha value is -0.0800. The zero-order valence-corrected chi connectivity index (χ0v) is 12.7. The molecule has 1 aliphatic carbocycles. The molecule has 0 radical (unpaired) electrons. The van der Waals surface area contributed by atoms with Gasteiger partial charge in [0.05, 0.1) is 11.7 Å². The largest absolute Gasteiger partial charge is 0.390 e. The highest BCUT2D eigenvalue weighted by Crippen LogP contribution is 2.35. The summed E-state index contributed by atoms with van der Waals surface area (Å²) in [6.07, 6.45) is 14.7. The molecule has 2 nitrogen and oxygen atoms in total. The minimum absolute atomic E-state index is 0.360. The molecule has 0 aromatic carbocycles. The normalized spacial score (nSPS) is 36.3. The molecule has 1 heterocycles. The lowest BCUT2D eigenvalue weighted by Crippen LogP contribution is -2.28. The van der Waals surface area contributed by atoms with Crippen molar-refractivity contribution in [2.45, 2.75) is 95.7 Å². The maximum absolute atomic E-state index is 10.8. The topological polar surface area (TPSA) is 29.5 Å². The Labute approximate surface area is 118 Å². The summed E-state index contributed by atoms with van der Waals surface area (Å²) < 4.78 is 5.67. The van der Waals surface area contributed by atoms with Crippen LogP contribution in [0.1, 0.15) is 84.0 Å². The van der Waals surface area contributed by atoms with Gasteiger partial charge in [-0.3, -0.25) is 0 Å². The third-order valence-electron chi connectivity index (χ3n) is 5.16. The van der Waals surface area contributed by atoms with Gasteiger partial charge in [-0.05, 0) is 57.3 Å². The van der Waals surface area contributed by atoms with Gasteiger partial charge >= 0.3 is 0 Å². The van der Waals surface area contributed by atoms with Crippen molar-refractivity contribution in [1.29, 1.82) is 0 Å². The maximum atomic E-state index is 10.8. The first kappa shape index (κ1) is 15.3. The van der Waals surface area contributed by atoms with Gasteiger partial charge in [-0.15, -0.1) is 0 Å². The van der Waals surface area contributed by atoms with E-state index in [1.54, 1.807) is 0 Å². The van der Waals surface area contributed by atoms with Crippen LogP contribution in [0.4, 0.5) is 0 Å².